The van der Waals surface area contributed by atoms with Crippen LogP contribution in [-0.4, -0.2) is 28.2 Å². The summed E-state index contributed by atoms with van der Waals surface area (Å²) < 4.78 is 27.0. The highest BCUT2D eigenvalue weighted by atomic mass is 79.9. The number of rotatable bonds is 6. The Morgan fingerprint density at radius 1 is 1.24 bits per heavy atom. The van der Waals surface area contributed by atoms with Gasteiger partial charge in [-0.1, -0.05) is 18.2 Å². The third-order valence-electron chi connectivity index (χ3n) is 3.33. The van der Waals surface area contributed by atoms with Crippen molar-refractivity contribution >= 4 is 22.1 Å². The van der Waals surface area contributed by atoms with E-state index >= 15 is 0 Å². The van der Waals surface area contributed by atoms with Crippen LogP contribution in [0.4, 0.5) is 4.39 Å². The molecule has 3 rings (SSSR count). The first-order valence-electron chi connectivity index (χ1n) is 7.30. The van der Waals surface area contributed by atoms with Crippen molar-refractivity contribution in [2.24, 2.45) is 5.10 Å². The van der Waals surface area contributed by atoms with Gasteiger partial charge in [0.2, 0.25) is 0 Å². The Bertz CT molecular complexity index is 884. The quantitative estimate of drug-likeness (QED) is 0.588. The molecule has 0 aliphatic heterocycles. The zero-order valence-electron chi connectivity index (χ0n) is 13.3. The number of methoxy groups -OCH3 is 1. The normalized spacial score (nSPS) is 11.0. The Kier molecular flexibility index (Phi) is 5.39. The second kappa shape index (κ2) is 7.89. The van der Waals surface area contributed by atoms with Crippen molar-refractivity contribution in [3.8, 4) is 11.5 Å². The van der Waals surface area contributed by atoms with Crippen molar-refractivity contribution in [3.63, 3.8) is 0 Å². The molecule has 0 atom stereocenters. The maximum atomic E-state index is 13.7. The van der Waals surface area contributed by atoms with Gasteiger partial charge in [-0.25, -0.2) is 9.07 Å². The van der Waals surface area contributed by atoms with Crippen LogP contribution in [0.25, 0.3) is 0 Å². The van der Waals surface area contributed by atoms with Crippen molar-refractivity contribution < 1.29 is 13.9 Å². The molecule has 0 amide bonds. The maximum Gasteiger partial charge on any atom is 0.175 e. The Balaban J connectivity index is 1.81. The summed E-state index contributed by atoms with van der Waals surface area (Å²) in [5.41, 5.74) is 1.25. The fraction of sp³-hybridized carbons (Fsp3) is 0.118. The fourth-order valence-corrected chi connectivity index (χ4v) is 2.68. The number of benzene rings is 2. The molecule has 0 spiro atoms. The SMILES string of the molecule is COc1cc(C=Nn2cnnc2)cc(Br)c1OCc1ccccc1F. The van der Waals surface area contributed by atoms with E-state index < -0.39 is 0 Å². The molecule has 0 fully saturated rings. The van der Waals surface area contributed by atoms with Crippen LogP contribution in [0.3, 0.4) is 0 Å². The Labute approximate surface area is 152 Å². The number of halogens is 2. The van der Waals surface area contributed by atoms with Gasteiger partial charge in [-0.2, -0.15) is 5.10 Å². The van der Waals surface area contributed by atoms with Crippen LogP contribution >= 0.6 is 15.9 Å². The summed E-state index contributed by atoms with van der Waals surface area (Å²) in [6.45, 7) is 0.0930. The van der Waals surface area contributed by atoms with Gasteiger partial charge in [0.15, 0.2) is 11.5 Å². The van der Waals surface area contributed by atoms with E-state index in [4.69, 9.17) is 9.47 Å². The van der Waals surface area contributed by atoms with Gasteiger partial charge in [-0.05, 0) is 39.7 Å². The molecule has 3 aromatic rings. The smallest absolute Gasteiger partial charge is 0.175 e. The molecule has 1 aromatic heterocycles. The Morgan fingerprint density at radius 3 is 2.72 bits per heavy atom. The predicted octanol–water partition coefficient (Wildman–Crippen LogP) is 3.65. The monoisotopic (exact) mass is 404 g/mol. The molecule has 0 unspecified atom stereocenters. The lowest BCUT2D eigenvalue weighted by Gasteiger charge is -2.13. The highest BCUT2D eigenvalue weighted by molar-refractivity contribution is 9.10. The number of ether oxygens (including phenoxy) is 2. The Hall–Kier alpha value is -2.74. The van der Waals surface area contributed by atoms with E-state index in [2.05, 4.69) is 31.2 Å². The lowest BCUT2D eigenvalue weighted by atomic mass is 10.2. The topological polar surface area (TPSA) is 61.5 Å². The van der Waals surface area contributed by atoms with Crippen molar-refractivity contribution in [2.45, 2.75) is 6.61 Å². The molecule has 0 saturated carbocycles. The van der Waals surface area contributed by atoms with E-state index in [1.54, 1.807) is 37.6 Å². The van der Waals surface area contributed by atoms with Gasteiger partial charge in [0.25, 0.3) is 0 Å². The van der Waals surface area contributed by atoms with Gasteiger partial charge in [-0.3, -0.25) is 0 Å². The maximum absolute atomic E-state index is 13.7. The van der Waals surface area contributed by atoms with Crippen LogP contribution in [0.15, 0.2) is 58.6 Å². The first-order chi connectivity index (χ1) is 12.2. The standard InChI is InChI=1S/C17H14BrFN4O2/c1-24-16-7-12(8-22-23-10-20-21-11-23)6-14(18)17(16)25-9-13-4-2-3-5-15(13)19/h2-8,10-11H,9H2,1H3. The summed E-state index contributed by atoms with van der Waals surface area (Å²) in [6, 6.07) is 10.1. The number of hydrogen-bond donors (Lipinski definition) is 0. The highest BCUT2D eigenvalue weighted by Gasteiger charge is 2.12. The molecule has 0 radical (unpaired) electrons. The average Bonchev–Trinajstić information content (AvgIpc) is 3.13. The molecular weight excluding hydrogens is 391 g/mol. The van der Waals surface area contributed by atoms with Gasteiger partial charge in [0.1, 0.15) is 25.1 Å². The molecule has 0 aliphatic rings. The number of aromatic nitrogens is 3. The zero-order valence-corrected chi connectivity index (χ0v) is 14.9. The summed E-state index contributed by atoms with van der Waals surface area (Å²) in [5, 5.41) is 11.5. The fourth-order valence-electron chi connectivity index (χ4n) is 2.11. The van der Waals surface area contributed by atoms with Crippen molar-refractivity contribution in [1.29, 1.82) is 0 Å². The lowest BCUT2D eigenvalue weighted by molar-refractivity contribution is 0.278. The summed E-state index contributed by atoms with van der Waals surface area (Å²) in [5.74, 6) is 0.693. The second-order valence-electron chi connectivity index (χ2n) is 5.00. The zero-order chi connectivity index (χ0) is 17.6. The molecule has 0 saturated heterocycles. The van der Waals surface area contributed by atoms with Crippen molar-refractivity contribution in [3.05, 3.63) is 70.5 Å². The van der Waals surface area contributed by atoms with E-state index in [9.17, 15) is 4.39 Å². The van der Waals surface area contributed by atoms with Gasteiger partial charge in [0.05, 0.1) is 17.8 Å². The van der Waals surface area contributed by atoms with E-state index in [1.165, 1.54) is 23.4 Å². The lowest BCUT2D eigenvalue weighted by Crippen LogP contribution is -2.01. The molecule has 128 valence electrons. The molecule has 25 heavy (non-hydrogen) atoms. The average molecular weight is 405 g/mol. The third kappa shape index (κ3) is 4.21. The number of hydrogen-bond acceptors (Lipinski definition) is 5. The summed E-state index contributed by atoms with van der Waals surface area (Å²) >= 11 is 3.46. The van der Waals surface area contributed by atoms with Gasteiger partial charge < -0.3 is 9.47 Å². The van der Waals surface area contributed by atoms with Gasteiger partial charge in [-0.15, -0.1) is 10.2 Å². The van der Waals surface area contributed by atoms with Crippen LogP contribution in [0.2, 0.25) is 0 Å². The van der Waals surface area contributed by atoms with E-state index in [0.29, 0.717) is 21.5 Å². The minimum atomic E-state index is -0.310. The summed E-state index contributed by atoms with van der Waals surface area (Å²) in [7, 11) is 1.54. The van der Waals surface area contributed by atoms with Crippen molar-refractivity contribution in [1.82, 2.24) is 14.9 Å². The highest BCUT2D eigenvalue weighted by Crippen LogP contribution is 2.37. The first-order valence-corrected chi connectivity index (χ1v) is 8.09. The first kappa shape index (κ1) is 17.1. The van der Waals surface area contributed by atoms with E-state index in [1.807, 2.05) is 6.07 Å². The molecule has 1 heterocycles. The van der Waals surface area contributed by atoms with Crippen LogP contribution in [-0.2, 0) is 6.61 Å². The second-order valence-corrected chi connectivity index (χ2v) is 5.85. The largest absolute Gasteiger partial charge is 0.493 e. The van der Waals surface area contributed by atoms with Crippen LogP contribution in [0, 0.1) is 5.82 Å². The van der Waals surface area contributed by atoms with Crippen LogP contribution < -0.4 is 9.47 Å². The van der Waals surface area contributed by atoms with Crippen molar-refractivity contribution in [2.75, 3.05) is 7.11 Å². The van der Waals surface area contributed by atoms with Crippen LogP contribution in [0.5, 0.6) is 11.5 Å². The minimum absolute atomic E-state index is 0.0930. The molecule has 0 bridgehead atoms. The third-order valence-corrected chi connectivity index (χ3v) is 3.92. The summed E-state index contributed by atoms with van der Waals surface area (Å²) in [4.78, 5) is 0. The minimum Gasteiger partial charge on any atom is -0.493 e. The Morgan fingerprint density at radius 2 is 2.00 bits per heavy atom. The molecular formula is C17H14BrFN4O2. The summed E-state index contributed by atoms with van der Waals surface area (Å²) in [6.07, 6.45) is 4.60. The molecule has 6 nitrogen and oxygen atoms in total. The molecule has 0 N–H and O–H groups in total. The molecule has 8 heteroatoms. The predicted molar refractivity (Wildman–Crippen MR) is 94.4 cm³/mol. The molecule has 0 aliphatic carbocycles. The number of nitrogens with zero attached hydrogens (tertiary/aromatic N) is 4. The van der Waals surface area contributed by atoms with Crippen LogP contribution in [0.1, 0.15) is 11.1 Å². The van der Waals surface area contributed by atoms with Gasteiger partial charge >= 0.3 is 0 Å². The van der Waals surface area contributed by atoms with E-state index in [0.717, 1.165) is 5.56 Å². The van der Waals surface area contributed by atoms with E-state index in [-0.39, 0.29) is 12.4 Å². The van der Waals surface area contributed by atoms with Gasteiger partial charge in [0, 0.05) is 5.56 Å². The molecule has 2 aromatic carbocycles.